The zero-order valence-electron chi connectivity index (χ0n) is 9.31. The Balaban J connectivity index is 2.61. The van der Waals surface area contributed by atoms with Crippen LogP contribution in [0.4, 0.5) is 0 Å². The number of benzene rings is 2. The molecule has 0 spiro atoms. The van der Waals surface area contributed by atoms with Gasteiger partial charge in [0, 0.05) is 10.6 Å². The highest BCUT2D eigenvalue weighted by atomic mass is 35.5. The molecule has 0 fully saturated rings. The van der Waals surface area contributed by atoms with E-state index in [1.807, 2.05) is 6.07 Å². The van der Waals surface area contributed by atoms with Crippen molar-refractivity contribution in [3.63, 3.8) is 0 Å². The van der Waals surface area contributed by atoms with Crippen molar-refractivity contribution in [1.82, 2.24) is 0 Å². The van der Waals surface area contributed by atoms with Gasteiger partial charge in [-0.15, -0.1) is 0 Å². The molecule has 0 radical (unpaired) electrons. The predicted octanol–water partition coefficient (Wildman–Crippen LogP) is 5.98. The van der Waals surface area contributed by atoms with Crippen molar-refractivity contribution in [2.75, 3.05) is 7.11 Å². The summed E-state index contributed by atoms with van der Waals surface area (Å²) in [4.78, 5) is 0. The summed E-state index contributed by atoms with van der Waals surface area (Å²) in [7, 11) is 1.59. The van der Waals surface area contributed by atoms with Gasteiger partial charge in [0.1, 0.15) is 5.75 Å². The molecule has 0 unspecified atom stereocenters. The summed E-state index contributed by atoms with van der Waals surface area (Å²) in [5.41, 5.74) is 1.58. The number of methoxy groups -OCH3 is 1. The fraction of sp³-hybridized carbons (Fsp3) is 0.0769. The molecular formula is C13H8Cl4O. The van der Waals surface area contributed by atoms with Crippen molar-refractivity contribution >= 4 is 46.4 Å². The van der Waals surface area contributed by atoms with Gasteiger partial charge < -0.3 is 4.74 Å². The van der Waals surface area contributed by atoms with Crippen LogP contribution < -0.4 is 4.74 Å². The summed E-state index contributed by atoms with van der Waals surface area (Å²) in [6.07, 6.45) is 0. The Morgan fingerprint density at radius 2 is 1.44 bits per heavy atom. The summed E-state index contributed by atoms with van der Waals surface area (Å²) in [6, 6.07) is 8.79. The summed E-state index contributed by atoms with van der Waals surface area (Å²) >= 11 is 24.1. The van der Waals surface area contributed by atoms with E-state index in [2.05, 4.69) is 0 Å². The van der Waals surface area contributed by atoms with E-state index in [-0.39, 0.29) is 0 Å². The first-order valence-electron chi connectivity index (χ1n) is 5.01. The van der Waals surface area contributed by atoms with Crippen LogP contribution in [-0.2, 0) is 0 Å². The van der Waals surface area contributed by atoms with Gasteiger partial charge in [-0.25, -0.2) is 0 Å². The molecule has 0 aliphatic heterocycles. The minimum absolute atomic E-state index is 0.334. The minimum Gasteiger partial charge on any atom is -0.497 e. The molecule has 0 amide bonds. The van der Waals surface area contributed by atoms with Crippen LogP contribution >= 0.6 is 46.4 Å². The van der Waals surface area contributed by atoms with Crippen LogP contribution in [0.1, 0.15) is 0 Å². The average molecular weight is 322 g/mol. The normalized spacial score (nSPS) is 10.5. The van der Waals surface area contributed by atoms with E-state index in [9.17, 15) is 0 Å². The second-order valence-corrected chi connectivity index (χ2v) is 5.20. The third kappa shape index (κ3) is 2.70. The third-order valence-corrected chi connectivity index (χ3v) is 3.99. The van der Waals surface area contributed by atoms with E-state index >= 15 is 0 Å². The minimum atomic E-state index is 0.334. The van der Waals surface area contributed by atoms with Gasteiger partial charge in [0.2, 0.25) is 0 Å². The first kappa shape index (κ1) is 13.8. The molecule has 0 atom stereocenters. The lowest BCUT2D eigenvalue weighted by Gasteiger charge is -2.09. The van der Waals surface area contributed by atoms with Gasteiger partial charge in [-0.05, 0) is 35.9 Å². The van der Waals surface area contributed by atoms with Crippen LogP contribution in [-0.4, -0.2) is 7.11 Å². The zero-order valence-corrected chi connectivity index (χ0v) is 12.3. The van der Waals surface area contributed by atoms with Crippen LogP contribution in [0, 0.1) is 0 Å². The van der Waals surface area contributed by atoms with Gasteiger partial charge in [-0.3, -0.25) is 0 Å². The largest absolute Gasteiger partial charge is 0.497 e. The van der Waals surface area contributed by atoms with Crippen molar-refractivity contribution in [2.45, 2.75) is 0 Å². The molecule has 0 saturated heterocycles. The van der Waals surface area contributed by atoms with Gasteiger partial charge in [0.25, 0.3) is 0 Å². The maximum absolute atomic E-state index is 6.16. The summed E-state index contributed by atoms with van der Waals surface area (Å²) < 4.78 is 5.16. The molecule has 2 aromatic carbocycles. The Morgan fingerprint density at radius 3 is 2.00 bits per heavy atom. The molecule has 0 saturated carbocycles. The standard InChI is InChI=1S/C13H8Cl4O/c1-18-8-2-3-10(14)9(6-8)7-4-11(15)13(17)12(16)5-7/h2-6H,1H3. The van der Waals surface area contributed by atoms with Gasteiger partial charge in [-0.1, -0.05) is 46.4 Å². The van der Waals surface area contributed by atoms with Crippen LogP contribution in [0.15, 0.2) is 30.3 Å². The number of rotatable bonds is 2. The first-order chi connectivity index (χ1) is 8.52. The highest BCUT2D eigenvalue weighted by Gasteiger charge is 2.10. The Labute approximate surface area is 125 Å². The SMILES string of the molecule is COc1ccc(Cl)c(-c2cc(Cl)c(Cl)c(Cl)c2)c1. The van der Waals surface area contributed by atoms with Crippen LogP contribution in [0.3, 0.4) is 0 Å². The highest BCUT2D eigenvalue weighted by molar-refractivity contribution is 6.48. The van der Waals surface area contributed by atoms with Gasteiger partial charge >= 0.3 is 0 Å². The summed E-state index contributed by atoms with van der Waals surface area (Å²) in [6.45, 7) is 0. The van der Waals surface area contributed by atoms with E-state index < -0.39 is 0 Å². The number of hydrogen-bond acceptors (Lipinski definition) is 1. The Morgan fingerprint density at radius 1 is 0.833 bits per heavy atom. The highest BCUT2D eigenvalue weighted by Crippen LogP contribution is 2.38. The smallest absolute Gasteiger partial charge is 0.119 e. The molecule has 2 aromatic rings. The molecule has 0 heterocycles. The molecule has 0 N–H and O–H groups in total. The average Bonchev–Trinajstić information content (AvgIpc) is 2.36. The molecule has 0 aliphatic rings. The van der Waals surface area contributed by atoms with Crippen LogP contribution in [0.5, 0.6) is 5.75 Å². The maximum atomic E-state index is 6.16. The van der Waals surface area contributed by atoms with Crippen molar-refractivity contribution in [3.8, 4) is 16.9 Å². The van der Waals surface area contributed by atoms with Gasteiger partial charge in [0.05, 0.1) is 22.2 Å². The number of halogens is 4. The summed E-state index contributed by atoms with van der Waals surface area (Å²) in [5.74, 6) is 0.705. The second kappa shape index (κ2) is 5.58. The lowest BCUT2D eigenvalue weighted by atomic mass is 10.1. The lowest BCUT2D eigenvalue weighted by Crippen LogP contribution is -1.86. The van der Waals surface area contributed by atoms with Gasteiger partial charge in [-0.2, -0.15) is 0 Å². The zero-order chi connectivity index (χ0) is 13.3. The molecular weight excluding hydrogens is 314 g/mol. The molecule has 0 bridgehead atoms. The molecule has 18 heavy (non-hydrogen) atoms. The Hall–Kier alpha value is -0.600. The van der Waals surface area contributed by atoms with E-state index in [1.165, 1.54) is 0 Å². The molecule has 94 valence electrons. The van der Waals surface area contributed by atoms with Crippen LogP contribution in [0.25, 0.3) is 11.1 Å². The monoisotopic (exact) mass is 320 g/mol. The number of hydrogen-bond donors (Lipinski definition) is 0. The van der Waals surface area contributed by atoms with E-state index in [0.29, 0.717) is 25.8 Å². The Bertz CT molecular complexity index is 573. The molecule has 0 aromatic heterocycles. The van der Waals surface area contributed by atoms with E-state index in [4.69, 9.17) is 51.1 Å². The fourth-order valence-electron chi connectivity index (χ4n) is 1.56. The Kier molecular flexibility index (Phi) is 4.29. The quantitative estimate of drug-likeness (QED) is 0.618. The molecule has 2 rings (SSSR count). The molecule has 1 nitrogen and oxygen atoms in total. The fourth-order valence-corrected chi connectivity index (χ4v) is 2.39. The van der Waals surface area contributed by atoms with E-state index in [1.54, 1.807) is 31.4 Å². The van der Waals surface area contributed by atoms with Gasteiger partial charge in [0.15, 0.2) is 0 Å². The number of ether oxygens (including phenoxy) is 1. The van der Waals surface area contributed by atoms with Crippen LogP contribution in [0.2, 0.25) is 20.1 Å². The van der Waals surface area contributed by atoms with E-state index in [0.717, 1.165) is 11.1 Å². The maximum Gasteiger partial charge on any atom is 0.119 e. The topological polar surface area (TPSA) is 9.23 Å². The molecule has 5 heteroatoms. The van der Waals surface area contributed by atoms with Crippen molar-refractivity contribution in [1.29, 1.82) is 0 Å². The third-order valence-electron chi connectivity index (χ3n) is 2.47. The first-order valence-corrected chi connectivity index (χ1v) is 6.52. The van der Waals surface area contributed by atoms with Crippen molar-refractivity contribution in [3.05, 3.63) is 50.4 Å². The van der Waals surface area contributed by atoms with Crippen molar-refractivity contribution < 1.29 is 4.74 Å². The van der Waals surface area contributed by atoms with Crippen molar-refractivity contribution in [2.24, 2.45) is 0 Å². The molecule has 0 aliphatic carbocycles. The predicted molar refractivity (Wildman–Crippen MR) is 78.5 cm³/mol. The second-order valence-electron chi connectivity index (χ2n) is 3.60. The lowest BCUT2D eigenvalue weighted by molar-refractivity contribution is 0.415. The summed E-state index contributed by atoms with van der Waals surface area (Å²) in [5, 5.41) is 1.70.